The molecular weight excluding hydrogens is 257 g/mol. The van der Waals surface area contributed by atoms with Crippen LogP contribution < -0.4 is 0 Å². The molecule has 1 heterocycles. The fourth-order valence-electron chi connectivity index (χ4n) is 2.20. The first-order valence-electron chi connectivity index (χ1n) is 6.10. The van der Waals surface area contributed by atoms with Gasteiger partial charge in [-0.1, -0.05) is 13.3 Å². The minimum atomic E-state index is -4.24. The third-order valence-electron chi connectivity index (χ3n) is 3.17. The van der Waals surface area contributed by atoms with Crippen LogP contribution in [0.25, 0.3) is 6.08 Å². The summed E-state index contributed by atoms with van der Waals surface area (Å²) in [6, 6.07) is 4.17. The van der Waals surface area contributed by atoms with Gasteiger partial charge in [-0.15, -0.1) is 0 Å². The van der Waals surface area contributed by atoms with E-state index < -0.39 is 11.7 Å². The third kappa shape index (κ3) is 2.58. The van der Waals surface area contributed by atoms with Gasteiger partial charge in [0.25, 0.3) is 0 Å². The summed E-state index contributed by atoms with van der Waals surface area (Å²) in [5, 5.41) is 0. The first-order valence-corrected chi connectivity index (χ1v) is 7.63. The summed E-state index contributed by atoms with van der Waals surface area (Å²) in [7, 11) is -0.383. The molecule has 0 spiro atoms. The Hall–Kier alpha value is -0.900. The highest BCUT2D eigenvalue weighted by atomic mass is 32.2. The summed E-state index contributed by atoms with van der Waals surface area (Å²) < 4.78 is 37.9. The summed E-state index contributed by atoms with van der Waals surface area (Å²) >= 11 is 0. The number of halogens is 3. The molecule has 0 N–H and O–H groups in total. The van der Waals surface area contributed by atoms with Crippen molar-refractivity contribution in [2.24, 2.45) is 0 Å². The zero-order chi connectivity index (χ0) is 13.3. The number of benzene rings is 1. The Kier molecular flexibility index (Phi) is 3.76. The molecule has 1 aromatic rings. The normalized spacial score (nSPS) is 20.7. The first kappa shape index (κ1) is 13.5. The zero-order valence-corrected chi connectivity index (χ0v) is 11.4. The largest absolute Gasteiger partial charge is 0.416 e. The molecule has 0 radical (unpaired) electrons. The molecule has 1 aromatic carbocycles. The molecule has 0 fully saturated rings. The van der Waals surface area contributed by atoms with Gasteiger partial charge in [-0.2, -0.15) is 13.2 Å². The standard InChI is InChI=1S/C14H17F3S/c1-3-4-7-18-10(2)8-11-9-12(14(15,16)17)5-6-13(11)18/h5-6,8-9,18H,3-4,7H2,1-2H3. The van der Waals surface area contributed by atoms with Gasteiger partial charge >= 0.3 is 6.18 Å². The van der Waals surface area contributed by atoms with Crippen LogP contribution in [0.15, 0.2) is 28.0 Å². The SMILES string of the molecule is CCCC[SH]1C(C)=Cc2cc(C(F)(F)F)ccc21. The average Bonchev–Trinajstić information content (AvgIpc) is 2.60. The monoisotopic (exact) mass is 274 g/mol. The molecule has 1 aliphatic heterocycles. The maximum atomic E-state index is 12.6. The van der Waals surface area contributed by atoms with Crippen molar-refractivity contribution in [1.82, 2.24) is 0 Å². The predicted octanol–water partition coefficient (Wildman–Crippen LogP) is 5.24. The highest BCUT2D eigenvalue weighted by Gasteiger charge is 2.32. The summed E-state index contributed by atoms with van der Waals surface area (Å²) in [5.41, 5.74) is 0.224. The molecule has 0 amide bonds. The minimum absolute atomic E-state index is 0.383. The van der Waals surface area contributed by atoms with Crippen LogP contribution in [0.4, 0.5) is 13.2 Å². The lowest BCUT2D eigenvalue weighted by molar-refractivity contribution is -0.137. The molecule has 0 bridgehead atoms. The van der Waals surface area contributed by atoms with Crippen molar-refractivity contribution in [3.8, 4) is 0 Å². The number of hydrogen-bond acceptors (Lipinski definition) is 0. The number of rotatable bonds is 3. The molecular formula is C14H17F3S. The molecule has 0 aromatic heterocycles. The van der Waals surface area contributed by atoms with E-state index in [4.69, 9.17) is 0 Å². The van der Waals surface area contributed by atoms with Crippen molar-refractivity contribution in [1.29, 1.82) is 0 Å². The van der Waals surface area contributed by atoms with Gasteiger partial charge in [-0.25, -0.2) is 10.9 Å². The number of alkyl halides is 3. The van der Waals surface area contributed by atoms with Gasteiger partial charge in [0.05, 0.1) is 5.56 Å². The molecule has 0 aliphatic carbocycles. The lowest BCUT2D eigenvalue weighted by Crippen LogP contribution is -2.05. The third-order valence-corrected chi connectivity index (χ3v) is 5.90. The fraction of sp³-hybridized carbons (Fsp3) is 0.429. The number of thiol groups is 1. The van der Waals surface area contributed by atoms with E-state index in [9.17, 15) is 13.2 Å². The van der Waals surface area contributed by atoms with Crippen molar-refractivity contribution in [3.05, 3.63) is 34.2 Å². The summed E-state index contributed by atoms with van der Waals surface area (Å²) in [4.78, 5) is 2.36. The van der Waals surface area contributed by atoms with E-state index in [2.05, 4.69) is 6.92 Å². The molecule has 18 heavy (non-hydrogen) atoms. The van der Waals surface area contributed by atoms with Gasteiger partial charge in [0.15, 0.2) is 0 Å². The molecule has 100 valence electrons. The summed E-state index contributed by atoms with van der Waals surface area (Å²) in [5.74, 6) is 1.09. The number of fused-ring (bicyclic) bond motifs is 1. The van der Waals surface area contributed by atoms with Gasteiger partial charge < -0.3 is 0 Å². The molecule has 4 heteroatoms. The molecule has 1 unspecified atom stereocenters. The van der Waals surface area contributed by atoms with Crippen LogP contribution in [0.2, 0.25) is 0 Å². The topological polar surface area (TPSA) is 0 Å². The number of allylic oxidation sites excluding steroid dienone is 1. The molecule has 0 saturated carbocycles. The predicted molar refractivity (Wildman–Crippen MR) is 72.1 cm³/mol. The van der Waals surface area contributed by atoms with Crippen molar-refractivity contribution >= 4 is 17.0 Å². The second kappa shape index (κ2) is 5.00. The summed E-state index contributed by atoms with van der Waals surface area (Å²) in [6.07, 6.45) is -0.0586. The molecule has 2 rings (SSSR count). The van der Waals surface area contributed by atoms with Crippen molar-refractivity contribution in [2.75, 3.05) is 5.75 Å². The van der Waals surface area contributed by atoms with Crippen LogP contribution in [-0.2, 0) is 6.18 Å². The Morgan fingerprint density at radius 3 is 2.56 bits per heavy atom. The van der Waals surface area contributed by atoms with Crippen LogP contribution in [0.3, 0.4) is 0 Å². The molecule has 1 aliphatic rings. The van der Waals surface area contributed by atoms with Gasteiger partial charge in [-0.05, 0) is 58.7 Å². The van der Waals surface area contributed by atoms with Crippen LogP contribution in [0.1, 0.15) is 37.8 Å². The first-order chi connectivity index (χ1) is 8.43. The van der Waals surface area contributed by atoms with E-state index in [1.54, 1.807) is 6.07 Å². The second-order valence-electron chi connectivity index (χ2n) is 4.56. The van der Waals surface area contributed by atoms with E-state index in [1.807, 2.05) is 13.0 Å². The van der Waals surface area contributed by atoms with Crippen LogP contribution in [-0.4, -0.2) is 5.75 Å². The minimum Gasteiger partial charge on any atom is -0.203 e. The van der Waals surface area contributed by atoms with E-state index in [1.165, 1.54) is 17.0 Å². The van der Waals surface area contributed by atoms with E-state index in [0.29, 0.717) is 0 Å². The zero-order valence-electron chi connectivity index (χ0n) is 10.5. The smallest absolute Gasteiger partial charge is 0.203 e. The van der Waals surface area contributed by atoms with Crippen molar-refractivity contribution in [2.45, 2.75) is 37.8 Å². The molecule has 0 nitrogen and oxygen atoms in total. The van der Waals surface area contributed by atoms with Crippen molar-refractivity contribution in [3.63, 3.8) is 0 Å². The van der Waals surface area contributed by atoms with E-state index in [0.717, 1.165) is 29.1 Å². The summed E-state index contributed by atoms with van der Waals surface area (Å²) in [6.45, 7) is 4.17. The Morgan fingerprint density at radius 1 is 1.22 bits per heavy atom. The highest BCUT2D eigenvalue weighted by Crippen LogP contribution is 2.52. The van der Waals surface area contributed by atoms with Gasteiger partial charge in [0.1, 0.15) is 0 Å². The Bertz CT molecular complexity index is 474. The van der Waals surface area contributed by atoms with Gasteiger partial charge in [0, 0.05) is 0 Å². The Labute approximate surface area is 108 Å². The van der Waals surface area contributed by atoms with E-state index >= 15 is 0 Å². The Morgan fingerprint density at radius 2 is 1.94 bits per heavy atom. The van der Waals surface area contributed by atoms with Gasteiger partial charge in [0.2, 0.25) is 0 Å². The van der Waals surface area contributed by atoms with Crippen LogP contribution in [0.5, 0.6) is 0 Å². The fourth-order valence-corrected chi connectivity index (χ4v) is 4.79. The average molecular weight is 274 g/mol. The lowest BCUT2D eigenvalue weighted by Gasteiger charge is -2.19. The number of unbranched alkanes of at least 4 members (excludes halogenated alkanes) is 1. The van der Waals surface area contributed by atoms with Crippen LogP contribution in [0, 0.1) is 0 Å². The highest BCUT2D eigenvalue weighted by molar-refractivity contribution is 8.20. The maximum Gasteiger partial charge on any atom is 0.416 e. The quantitative estimate of drug-likeness (QED) is 0.716. The number of hydrogen-bond donors (Lipinski definition) is 1. The maximum absolute atomic E-state index is 12.6. The van der Waals surface area contributed by atoms with E-state index in [-0.39, 0.29) is 10.9 Å². The molecule has 0 saturated heterocycles. The van der Waals surface area contributed by atoms with Crippen LogP contribution >= 0.6 is 10.9 Å². The van der Waals surface area contributed by atoms with Gasteiger partial charge in [-0.3, -0.25) is 0 Å². The molecule has 1 atom stereocenters. The van der Waals surface area contributed by atoms with Crippen molar-refractivity contribution < 1.29 is 13.2 Å². The second-order valence-corrected chi connectivity index (χ2v) is 7.05. The Balaban J connectivity index is 2.31. The lowest BCUT2D eigenvalue weighted by atomic mass is 10.1.